The largest absolute Gasteiger partial charge is 0.508 e. The van der Waals surface area contributed by atoms with Crippen LogP contribution in [0.15, 0.2) is 18.2 Å². The van der Waals surface area contributed by atoms with Gasteiger partial charge in [-0.3, -0.25) is 0 Å². The van der Waals surface area contributed by atoms with Crippen molar-refractivity contribution in [3.8, 4) is 5.75 Å². The Kier molecular flexibility index (Phi) is 3.49. The molecule has 0 aliphatic heterocycles. The van der Waals surface area contributed by atoms with Crippen LogP contribution in [0.4, 0.5) is 0 Å². The highest BCUT2D eigenvalue weighted by Crippen LogP contribution is 2.67. The summed E-state index contributed by atoms with van der Waals surface area (Å²) in [6.07, 6.45) is 4.93. The standard InChI is InChI=1S/C18H22Br2O2/c1-17-7-6-13-12-5-3-11(21)8-10(12)2-4-14(13)16(17)18(19,20)9-15(17)22/h3,5,8,13-16,21-22H,2,4,6-7,9H2,1H3/t13-,14-,15?,16+,17-/m1/s1. The molecule has 0 heterocycles. The van der Waals surface area contributed by atoms with Crippen LogP contribution in [-0.2, 0) is 6.42 Å². The summed E-state index contributed by atoms with van der Waals surface area (Å²) in [7, 11) is 0. The first-order valence-corrected chi connectivity index (χ1v) is 9.79. The van der Waals surface area contributed by atoms with Crippen LogP contribution in [0, 0.1) is 17.3 Å². The number of aliphatic hydroxyl groups is 1. The fourth-order valence-electron chi connectivity index (χ4n) is 5.59. The molecule has 2 N–H and O–H groups in total. The minimum atomic E-state index is -0.238. The number of fused-ring (bicyclic) bond motifs is 5. The smallest absolute Gasteiger partial charge is 0.115 e. The molecule has 2 fully saturated rings. The molecule has 2 saturated carbocycles. The monoisotopic (exact) mass is 428 g/mol. The molecule has 0 bridgehead atoms. The highest BCUT2D eigenvalue weighted by Gasteiger charge is 2.63. The van der Waals surface area contributed by atoms with Gasteiger partial charge in [-0.05, 0) is 78.5 Å². The van der Waals surface area contributed by atoms with Gasteiger partial charge in [0.2, 0.25) is 0 Å². The number of hydrogen-bond donors (Lipinski definition) is 2. The maximum atomic E-state index is 10.6. The van der Waals surface area contributed by atoms with E-state index in [1.807, 2.05) is 12.1 Å². The van der Waals surface area contributed by atoms with Crippen LogP contribution in [0.25, 0.3) is 0 Å². The van der Waals surface area contributed by atoms with Gasteiger partial charge < -0.3 is 10.2 Å². The van der Waals surface area contributed by atoms with Crippen molar-refractivity contribution in [2.45, 2.75) is 54.3 Å². The Morgan fingerprint density at radius 3 is 2.77 bits per heavy atom. The molecule has 1 aromatic carbocycles. The SMILES string of the molecule is C[C@]12CC[C@@H]3c4ccc(O)cc4CC[C@H]3[C@@H]1C(Br)(Br)CC2O. The number of hydrogen-bond acceptors (Lipinski definition) is 2. The van der Waals surface area contributed by atoms with Crippen molar-refractivity contribution in [1.29, 1.82) is 0 Å². The number of aromatic hydroxyl groups is 1. The number of aliphatic hydroxyl groups excluding tert-OH is 1. The van der Waals surface area contributed by atoms with Gasteiger partial charge in [0.25, 0.3) is 0 Å². The van der Waals surface area contributed by atoms with E-state index in [4.69, 9.17) is 0 Å². The zero-order valence-corrected chi connectivity index (χ0v) is 15.9. The summed E-state index contributed by atoms with van der Waals surface area (Å²) in [6.45, 7) is 2.27. The molecule has 0 saturated heterocycles. The zero-order valence-electron chi connectivity index (χ0n) is 12.7. The van der Waals surface area contributed by atoms with Gasteiger partial charge in [-0.1, -0.05) is 44.8 Å². The van der Waals surface area contributed by atoms with Crippen LogP contribution in [0.2, 0.25) is 0 Å². The molecule has 4 heteroatoms. The highest BCUT2D eigenvalue weighted by molar-refractivity contribution is 9.25. The molecule has 3 aliphatic carbocycles. The minimum Gasteiger partial charge on any atom is -0.508 e. The summed E-state index contributed by atoms with van der Waals surface area (Å²) in [6, 6.07) is 5.89. The van der Waals surface area contributed by atoms with E-state index in [1.54, 1.807) is 0 Å². The highest BCUT2D eigenvalue weighted by atomic mass is 79.9. The van der Waals surface area contributed by atoms with Gasteiger partial charge in [-0.25, -0.2) is 0 Å². The van der Waals surface area contributed by atoms with E-state index in [1.165, 1.54) is 11.1 Å². The number of halogens is 2. The Morgan fingerprint density at radius 2 is 2.00 bits per heavy atom. The molecule has 120 valence electrons. The summed E-state index contributed by atoms with van der Waals surface area (Å²) in [5, 5.41) is 20.4. The fourth-order valence-corrected chi connectivity index (χ4v) is 7.93. The molecule has 0 amide bonds. The molecule has 5 atom stereocenters. The van der Waals surface area contributed by atoms with E-state index in [0.29, 0.717) is 23.5 Å². The lowest BCUT2D eigenvalue weighted by atomic mass is 9.55. The Bertz CT molecular complexity index is 615. The van der Waals surface area contributed by atoms with E-state index >= 15 is 0 Å². The first-order chi connectivity index (χ1) is 10.3. The van der Waals surface area contributed by atoms with Gasteiger partial charge in [0.1, 0.15) is 5.75 Å². The van der Waals surface area contributed by atoms with Crippen molar-refractivity contribution in [1.82, 2.24) is 0 Å². The van der Waals surface area contributed by atoms with E-state index in [9.17, 15) is 10.2 Å². The topological polar surface area (TPSA) is 40.5 Å². The van der Waals surface area contributed by atoms with E-state index in [2.05, 4.69) is 44.8 Å². The molecule has 3 aliphatic rings. The van der Waals surface area contributed by atoms with Crippen molar-refractivity contribution in [2.24, 2.45) is 17.3 Å². The normalized spacial score (nSPS) is 42.4. The fraction of sp³-hybridized carbons (Fsp3) is 0.667. The quantitative estimate of drug-likeness (QED) is 0.586. The van der Waals surface area contributed by atoms with Crippen molar-refractivity contribution in [3.05, 3.63) is 29.3 Å². The summed E-state index contributed by atoms with van der Waals surface area (Å²) in [5.41, 5.74) is 2.74. The third kappa shape index (κ3) is 2.06. The summed E-state index contributed by atoms with van der Waals surface area (Å²) in [4.78, 5) is 0. The molecular formula is C18H22Br2O2. The first kappa shape index (κ1) is 15.5. The Morgan fingerprint density at radius 1 is 1.23 bits per heavy atom. The molecule has 22 heavy (non-hydrogen) atoms. The summed E-state index contributed by atoms with van der Waals surface area (Å²) in [5.74, 6) is 1.97. The first-order valence-electron chi connectivity index (χ1n) is 8.20. The number of benzene rings is 1. The molecule has 2 nitrogen and oxygen atoms in total. The maximum Gasteiger partial charge on any atom is 0.115 e. The number of aryl methyl sites for hydroxylation is 1. The lowest BCUT2D eigenvalue weighted by Crippen LogP contribution is -2.47. The van der Waals surface area contributed by atoms with Gasteiger partial charge in [0.15, 0.2) is 0 Å². The molecule has 1 aromatic rings. The predicted molar refractivity (Wildman–Crippen MR) is 94.7 cm³/mol. The second kappa shape index (κ2) is 4.97. The Balaban J connectivity index is 1.76. The van der Waals surface area contributed by atoms with Crippen LogP contribution >= 0.6 is 31.9 Å². The second-order valence-corrected chi connectivity index (χ2v) is 11.6. The van der Waals surface area contributed by atoms with Gasteiger partial charge in [0, 0.05) is 0 Å². The molecule has 4 rings (SSSR count). The lowest BCUT2D eigenvalue weighted by Gasteiger charge is -2.52. The number of alkyl halides is 2. The van der Waals surface area contributed by atoms with Gasteiger partial charge in [0.05, 0.1) is 9.34 Å². The number of phenolic OH excluding ortho intramolecular Hbond substituents is 1. The van der Waals surface area contributed by atoms with Crippen LogP contribution in [0.1, 0.15) is 49.7 Å². The molecular weight excluding hydrogens is 408 g/mol. The predicted octanol–water partition coefficient (Wildman–Crippen LogP) is 4.71. The molecule has 1 unspecified atom stereocenters. The van der Waals surface area contributed by atoms with Crippen LogP contribution in [-0.4, -0.2) is 19.6 Å². The molecule has 0 aromatic heterocycles. The van der Waals surface area contributed by atoms with Crippen LogP contribution < -0.4 is 0 Å². The van der Waals surface area contributed by atoms with Crippen molar-refractivity contribution in [2.75, 3.05) is 0 Å². The third-order valence-electron chi connectivity index (χ3n) is 6.60. The average Bonchev–Trinajstić information content (AvgIpc) is 2.63. The number of rotatable bonds is 0. The molecule has 0 radical (unpaired) electrons. The second-order valence-electron chi connectivity index (χ2n) is 7.70. The van der Waals surface area contributed by atoms with Crippen molar-refractivity contribution >= 4 is 31.9 Å². The lowest BCUT2D eigenvalue weighted by molar-refractivity contribution is -0.0225. The Hall–Kier alpha value is -0.0600. The van der Waals surface area contributed by atoms with Gasteiger partial charge in [-0.2, -0.15) is 0 Å². The van der Waals surface area contributed by atoms with Crippen LogP contribution in [0.3, 0.4) is 0 Å². The number of phenols is 1. The van der Waals surface area contributed by atoms with Crippen LogP contribution in [0.5, 0.6) is 5.75 Å². The maximum absolute atomic E-state index is 10.6. The Labute approximate surface area is 148 Å². The van der Waals surface area contributed by atoms with Crippen molar-refractivity contribution in [3.63, 3.8) is 0 Å². The van der Waals surface area contributed by atoms with Crippen molar-refractivity contribution < 1.29 is 10.2 Å². The van der Waals surface area contributed by atoms with Gasteiger partial charge in [-0.15, -0.1) is 0 Å². The minimum absolute atomic E-state index is 0.00257. The summed E-state index contributed by atoms with van der Waals surface area (Å²) < 4.78 is -0.147. The third-order valence-corrected chi connectivity index (χ3v) is 8.24. The average molecular weight is 430 g/mol. The van der Waals surface area contributed by atoms with Gasteiger partial charge >= 0.3 is 0 Å². The van der Waals surface area contributed by atoms with E-state index in [0.717, 1.165) is 32.1 Å². The molecule has 0 spiro atoms. The van der Waals surface area contributed by atoms with E-state index in [-0.39, 0.29) is 14.8 Å². The summed E-state index contributed by atoms with van der Waals surface area (Å²) >= 11 is 7.78. The zero-order chi connectivity index (χ0) is 15.7. The van der Waals surface area contributed by atoms with E-state index < -0.39 is 0 Å².